The van der Waals surface area contributed by atoms with E-state index in [4.69, 9.17) is 0 Å². The Labute approximate surface area is 203 Å². The fourth-order valence-electron chi connectivity index (χ4n) is 4.75. The van der Waals surface area contributed by atoms with E-state index in [1.807, 2.05) is 60.4 Å². The van der Waals surface area contributed by atoms with Crippen LogP contribution in [0.2, 0.25) is 0 Å². The van der Waals surface area contributed by atoms with E-state index >= 15 is 0 Å². The average molecular weight is 455 g/mol. The lowest BCUT2D eigenvalue weighted by Crippen LogP contribution is -2.35. The number of carbonyl (C=O) groups is 2. The van der Waals surface area contributed by atoms with Gasteiger partial charge in [-0.3, -0.25) is 9.59 Å². The van der Waals surface area contributed by atoms with Gasteiger partial charge in [-0.05, 0) is 55.5 Å². The number of rotatable bonds is 8. The highest BCUT2D eigenvalue weighted by molar-refractivity contribution is 5.95. The third-order valence-corrected chi connectivity index (χ3v) is 6.58. The first-order chi connectivity index (χ1) is 16.5. The van der Waals surface area contributed by atoms with Crippen LogP contribution in [0.4, 0.5) is 5.69 Å². The Bertz CT molecular complexity index is 1130. The van der Waals surface area contributed by atoms with Crippen molar-refractivity contribution in [2.24, 2.45) is 5.92 Å². The maximum absolute atomic E-state index is 13.4. The van der Waals surface area contributed by atoms with Gasteiger partial charge in [0, 0.05) is 18.2 Å². The molecule has 0 atom stereocenters. The van der Waals surface area contributed by atoms with E-state index in [9.17, 15) is 9.59 Å². The molecule has 0 saturated heterocycles. The molecule has 1 saturated carbocycles. The van der Waals surface area contributed by atoms with Gasteiger partial charge in [0.1, 0.15) is 0 Å². The molecule has 1 aliphatic carbocycles. The van der Waals surface area contributed by atoms with Crippen LogP contribution in [0.3, 0.4) is 0 Å². The number of aryl methyl sites for hydroxylation is 2. The molecular weight excluding hydrogens is 420 g/mol. The van der Waals surface area contributed by atoms with E-state index in [2.05, 4.69) is 36.5 Å². The van der Waals surface area contributed by atoms with Crippen molar-refractivity contribution in [3.8, 4) is 0 Å². The summed E-state index contributed by atoms with van der Waals surface area (Å²) in [7, 11) is 0. The first-order valence-electron chi connectivity index (χ1n) is 12.3. The van der Waals surface area contributed by atoms with Crippen molar-refractivity contribution in [3.63, 3.8) is 0 Å². The molecule has 2 amide bonds. The van der Waals surface area contributed by atoms with Gasteiger partial charge in [0.25, 0.3) is 0 Å². The van der Waals surface area contributed by atoms with E-state index in [1.54, 1.807) is 0 Å². The number of hydrogen-bond acceptors (Lipinski definition) is 2. The van der Waals surface area contributed by atoms with Crippen LogP contribution in [0.15, 0.2) is 72.8 Å². The summed E-state index contributed by atoms with van der Waals surface area (Å²) in [6, 6.07) is 24.4. The minimum Gasteiger partial charge on any atom is -0.352 e. The molecule has 0 heterocycles. The molecule has 176 valence electrons. The molecule has 4 heteroatoms. The van der Waals surface area contributed by atoms with Crippen molar-refractivity contribution in [2.45, 2.75) is 59.0 Å². The van der Waals surface area contributed by atoms with E-state index in [1.165, 1.54) is 11.1 Å². The van der Waals surface area contributed by atoms with E-state index in [0.29, 0.717) is 19.5 Å². The van der Waals surface area contributed by atoms with Crippen LogP contribution < -0.4 is 10.2 Å². The molecule has 0 aliphatic heterocycles. The second-order valence-electron chi connectivity index (χ2n) is 9.50. The summed E-state index contributed by atoms with van der Waals surface area (Å²) < 4.78 is 0. The Morgan fingerprint density at radius 2 is 1.44 bits per heavy atom. The van der Waals surface area contributed by atoms with Gasteiger partial charge in [0.05, 0.1) is 13.0 Å². The minimum absolute atomic E-state index is 0.00657. The Balaban J connectivity index is 1.43. The minimum atomic E-state index is -0.00657. The average Bonchev–Trinajstić information content (AvgIpc) is 3.37. The van der Waals surface area contributed by atoms with Crippen molar-refractivity contribution in [2.75, 3.05) is 4.90 Å². The molecule has 4 rings (SSSR count). The highest BCUT2D eigenvalue weighted by Gasteiger charge is 2.28. The molecule has 0 radical (unpaired) electrons. The second-order valence-corrected chi connectivity index (χ2v) is 9.50. The largest absolute Gasteiger partial charge is 0.352 e. The Morgan fingerprint density at radius 3 is 2.09 bits per heavy atom. The van der Waals surface area contributed by atoms with Gasteiger partial charge in [-0.2, -0.15) is 0 Å². The van der Waals surface area contributed by atoms with Crippen molar-refractivity contribution >= 4 is 17.5 Å². The lowest BCUT2D eigenvalue weighted by molar-refractivity contribution is -0.122. The summed E-state index contributed by atoms with van der Waals surface area (Å²) in [6.07, 6.45) is 4.53. The number of carbonyl (C=O) groups excluding carboxylic acids is 2. The monoisotopic (exact) mass is 454 g/mol. The number of nitrogens with zero attached hydrogens (tertiary/aromatic N) is 1. The molecule has 0 bridgehead atoms. The summed E-state index contributed by atoms with van der Waals surface area (Å²) in [5.41, 5.74) is 6.44. The van der Waals surface area contributed by atoms with E-state index in [0.717, 1.165) is 48.1 Å². The van der Waals surface area contributed by atoms with Crippen LogP contribution in [0.1, 0.15) is 53.5 Å². The van der Waals surface area contributed by atoms with Crippen LogP contribution in [-0.4, -0.2) is 11.8 Å². The second kappa shape index (κ2) is 11.1. The summed E-state index contributed by atoms with van der Waals surface area (Å²) >= 11 is 0. The standard InChI is InChI=1S/C30H34N2O2/c1-22-7-5-9-25(17-22)20-31-29(33)19-24-13-15-28(16-14-24)32(30(34)27-11-3-4-12-27)21-26-10-6-8-23(2)18-26/h5-10,13-18,27H,3-4,11-12,19-21H2,1-2H3,(H,31,33). The van der Waals surface area contributed by atoms with Gasteiger partial charge in [0.2, 0.25) is 11.8 Å². The topological polar surface area (TPSA) is 49.4 Å². The zero-order valence-electron chi connectivity index (χ0n) is 20.2. The molecule has 3 aromatic rings. The summed E-state index contributed by atoms with van der Waals surface area (Å²) in [4.78, 5) is 27.8. The Morgan fingerprint density at radius 1 is 0.824 bits per heavy atom. The van der Waals surface area contributed by atoms with Crippen molar-refractivity contribution in [1.29, 1.82) is 0 Å². The molecule has 0 unspecified atom stereocenters. The first-order valence-corrected chi connectivity index (χ1v) is 12.3. The highest BCUT2D eigenvalue weighted by atomic mass is 16.2. The van der Waals surface area contributed by atoms with Crippen LogP contribution in [0, 0.1) is 19.8 Å². The van der Waals surface area contributed by atoms with Crippen molar-refractivity contribution < 1.29 is 9.59 Å². The van der Waals surface area contributed by atoms with Crippen molar-refractivity contribution in [3.05, 3.63) is 101 Å². The maximum Gasteiger partial charge on any atom is 0.230 e. The van der Waals surface area contributed by atoms with Crippen LogP contribution >= 0.6 is 0 Å². The van der Waals surface area contributed by atoms with Crippen LogP contribution in [0.5, 0.6) is 0 Å². The summed E-state index contributed by atoms with van der Waals surface area (Å²) in [6.45, 7) is 5.21. The summed E-state index contributed by atoms with van der Waals surface area (Å²) in [5, 5.41) is 3.00. The third kappa shape index (κ3) is 6.34. The predicted molar refractivity (Wildman–Crippen MR) is 137 cm³/mol. The molecule has 0 spiro atoms. The normalized spacial score (nSPS) is 13.6. The zero-order valence-corrected chi connectivity index (χ0v) is 20.2. The molecule has 3 aromatic carbocycles. The third-order valence-electron chi connectivity index (χ3n) is 6.58. The van der Waals surface area contributed by atoms with Gasteiger partial charge >= 0.3 is 0 Å². The van der Waals surface area contributed by atoms with Gasteiger partial charge in [-0.25, -0.2) is 0 Å². The first kappa shape index (κ1) is 23.7. The number of benzene rings is 3. The van der Waals surface area contributed by atoms with Crippen molar-refractivity contribution in [1.82, 2.24) is 5.32 Å². The van der Waals surface area contributed by atoms with Crippen LogP contribution in [0.25, 0.3) is 0 Å². The predicted octanol–water partition coefficient (Wildman–Crippen LogP) is 5.89. The van der Waals surface area contributed by atoms with E-state index in [-0.39, 0.29) is 17.7 Å². The maximum atomic E-state index is 13.4. The lowest BCUT2D eigenvalue weighted by Gasteiger charge is -2.26. The Kier molecular flexibility index (Phi) is 7.79. The lowest BCUT2D eigenvalue weighted by atomic mass is 10.0. The summed E-state index contributed by atoms with van der Waals surface area (Å²) in [5.74, 6) is 0.312. The quantitative estimate of drug-likeness (QED) is 0.462. The van der Waals surface area contributed by atoms with E-state index < -0.39 is 0 Å². The molecule has 1 aliphatic rings. The van der Waals surface area contributed by atoms with Gasteiger partial charge in [0.15, 0.2) is 0 Å². The molecule has 34 heavy (non-hydrogen) atoms. The molecule has 1 fully saturated rings. The molecular formula is C30H34N2O2. The number of nitrogens with one attached hydrogen (secondary N) is 1. The molecule has 1 N–H and O–H groups in total. The number of amides is 2. The highest BCUT2D eigenvalue weighted by Crippen LogP contribution is 2.30. The number of anilines is 1. The van der Waals surface area contributed by atoms with Crippen LogP contribution in [-0.2, 0) is 29.1 Å². The number of hydrogen-bond donors (Lipinski definition) is 1. The molecule has 0 aromatic heterocycles. The van der Waals surface area contributed by atoms with Gasteiger partial charge < -0.3 is 10.2 Å². The fraction of sp³-hybridized carbons (Fsp3) is 0.333. The fourth-order valence-corrected chi connectivity index (χ4v) is 4.75. The molecule has 4 nitrogen and oxygen atoms in total. The zero-order chi connectivity index (χ0) is 23.9. The van der Waals surface area contributed by atoms with Gasteiger partial charge in [-0.15, -0.1) is 0 Å². The Hall–Kier alpha value is -3.40. The SMILES string of the molecule is Cc1cccc(CNC(=O)Cc2ccc(N(Cc3cccc(C)c3)C(=O)C3CCCC3)cc2)c1. The van der Waals surface area contributed by atoms with Gasteiger partial charge in [-0.1, -0.05) is 84.6 Å². The smallest absolute Gasteiger partial charge is 0.230 e.